The molecule has 134 valence electrons. The van der Waals surface area contributed by atoms with Gasteiger partial charge in [-0.3, -0.25) is 14.3 Å². The van der Waals surface area contributed by atoms with Crippen LogP contribution in [-0.4, -0.2) is 72.6 Å². The van der Waals surface area contributed by atoms with E-state index in [0.717, 1.165) is 0 Å². The van der Waals surface area contributed by atoms with E-state index in [2.05, 4.69) is 10.4 Å². The van der Waals surface area contributed by atoms with Gasteiger partial charge in [-0.2, -0.15) is 5.10 Å². The Kier molecular flexibility index (Phi) is 6.74. The van der Waals surface area contributed by atoms with Crippen molar-refractivity contribution in [3.8, 4) is 0 Å². The molecule has 2 heterocycles. The van der Waals surface area contributed by atoms with E-state index >= 15 is 0 Å². The van der Waals surface area contributed by atoms with Gasteiger partial charge >= 0.3 is 0 Å². The van der Waals surface area contributed by atoms with Crippen LogP contribution < -0.4 is 5.32 Å². The van der Waals surface area contributed by atoms with E-state index in [1.54, 1.807) is 25.3 Å². The van der Waals surface area contributed by atoms with Gasteiger partial charge in [0.05, 0.1) is 26.2 Å². The standard InChI is InChI=1S/C16H26N4O4/c1-17-14(21)11-16(23-2)12-19(9-10-24-13-16)15(22)5-3-7-20-8-4-6-18-20/h4,6,8H,3,5,7,9-13H2,1-2H3,(H,17,21). The zero-order valence-electron chi connectivity index (χ0n) is 14.4. The minimum absolute atomic E-state index is 0.0472. The van der Waals surface area contributed by atoms with Gasteiger partial charge in [-0.15, -0.1) is 0 Å². The SMILES string of the molecule is CNC(=O)CC1(OC)COCCN(C(=O)CCCn2cccn2)C1. The van der Waals surface area contributed by atoms with Crippen molar-refractivity contribution in [3.05, 3.63) is 18.5 Å². The van der Waals surface area contributed by atoms with Gasteiger partial charge in [0.25, 0.3) is 0 Å². The first-order valence-electron chi connectivity index (χ1n) is 8.17. The van der Waals surface area contributed by atoms with E-state index in [4.69, 9.17) is 9.47 Å². The number of hydrogen-bond acceptors (Lipinski definition) is 5. The predicted molar refractivity (Wildman–Crippen MR) is 87.3 cm³/mol. The minimum Gasteiger partial charge on any atom is -0.377 e. The van der Waals surface area contributed by atoms with Crippen molar-refractivity contribution in [1.82, 2.24) is 20.0 Å². The molecule has 1 aromatic rings. The zero-order valence-corrected chi connectivity index (χ0v) is 14.4. The van der Waals surface area contributed by atoms with Crippen molar-refractivity contribution in [1.29, 1.82) is 0 Å². The van der Waals surface area contributed by atoms with E-state index in [-0.39, 0.29) is 18.2 Å². The van der Waals surface area contributed by atoms with Crippen LogP contribution in [0.1, 0.15) is 19.3 Å². The third-order valence-electron chi connectivity index (χ3n) is 4.23. The van der Waals surface area contributed by atoms with Crippen LogP contribution in [0, 0.1) is 0 Å². The highest BCUT2D eigenvalue weighted by Crippen LogP contribution is 2.21. The number of amides is 2. The summed E-state index contributed by atoms with van der Waals surface area (Å²) in [5.74, 6) is -0.0839. The highest BCUT2D eigenvalue weighted by atomic mass is 16.5. The third-order valence-corrected chi connectivity index (χ3v) is 4.23. The van der Waals surface area contributed by atoms with Crippen LogP contribution >= 0.6 is 0 Å². The number of nitrogens with zero attached hydrogens (tertiary/aromatic N) is 3. The summed E-state index contributed by atoms with van der Waals surface area (Å²) >= 11 is 0. The zero-order chi connectivity index (χ0) is 17.4. The fourth-order valence-electron chi connectivity index (χ4n) is 2.79. The van der Waals surface area contributed by atoms with Crippen molar-refractivity contribution in [2.24, 2.45) is 0 Å². The lowest BCUT2D eigenvalue weighted by atomic mass is 9.99. The Hall–Kier alpha value is -1.93. The molecule has 2 amide bonds. The molecule has 1 aliphatic heterocycles. The van der Waals surface area contributed by atoms with Crippen molar-refractivity contribution >= 4 is 11.8 Å². The highest BCUT2D eigenvalue weighted by molar-refractivity contribution is 5.78. The number of aromatic nitrogens is 2. The number of ether oxygens (including phenoxy) is 2. The van der Waals surface area contributed by atoms with E-state index in [9.17, 15) is 9.59 Å². The number of hydrogen-bond donors (Lipinski definition) is 1. The smallest absolute Gasteiger partial charge is 0.222 e. The Morgan fingerprint density at radius 3 is 2.96 bits per heavy atom. The number of methoxy groups -OCH3 is 1. The molecule has 0 aliphatic carbocycles. The van der Waals surface area contributed by atoms with Gasteiger partial charge < -0.3 is 19.7 Å². The Bertz CT molecular complexity index is 534. The molecular weight excluding hydrogens is 312 g/mol. The molecule has 0 bridgehead atoms. The van der Waals surface area contributed by atoms with Crippen LogP contribution in [-0.2, 0) is 25.6 Å². The van der Waals surface area contributed by atoms with Crippen LogP contribution in [0.25, 0.3) is 0 Å². The summed E-state index contributed by atoms with van der Waals surface area (Å²) in [6, 6.07) is 1.86. The molecular formula is C16H26N4O4. The van der Waals surface area contributed by atoms with E-state index in [1.807, 2.05) is 16.9 Å². The van der Waals surface area contributed by atoms with Crippen molar-refractivity contribution in [2.75, 3.05) is 40.5 Å². The molecule has 2 rings (SSSR count). The van der Waals surface area contributed by atoms with Gasteiger partial charge in [0, 0.05) is 46.1 Å². The maximum Gasteiger partial charge on any atom is 0.222 e. The summed E-state index contributed by atoms with van der Waals surface area (Å²) in [4.78, 5) is 26.0. The highest BCUT2D eigenvalue weighted by Gasteiger charge is 2.38. The Morgan fingerprint density at radius 2 is 2.29 bits per heavy atom. The molecule has 0 radical (unpaired) electrons. The summed E-state index contributed by atoms with van der Waals surface area (Å²) in [6.45, 7) is 2.32. The first kappa shape index (κ1) is 18.4. The monoisotopic (exact) mass is 338 g/mol. The van der Waals surface area contributed by atoms with E-state index in [0.29, 0.717) is 45.7 Å². The molecule has 24 heavy (non-hydrogen) atoms. The van der Waals surface area contributed by atoms with Crippen LogP contribution in [0.3, 0.4) is 0 Å². The average Bonchev–Trinajstić information content (AvgIpc) is 3.01. The van der Waals surface area contributed by atoms with Crippen LogP contribution in [0.5, 0.6) is 0 Å². The molecule has 1 fully saturated rings. The molecule has 0 aromatic carbocycles. The van der Waals surface area contributed by atoms with E-state index in [1.165, 1.54) is 0 Å². The molecule has 1 N–H and O–H groups in total. The van der Waals surface area contributed by atoms with Gasteiger partial charge in [-0.1, -0.05) is 0 Å². The van der Waals surface area contributed by atoms with Crippen LogP contribution in [0.15, 0.2) is 18.5 Å². The fraction of sp³-hybridized carbons (Fsp3) is 0.688. The summed E-state index contributed by atoms with van der Waals surface area (Å²) in [7, 11) is 3.14. The third kappa shape index (κ3) is 5.04. The van der Waals surface area contributed by atoms with Crippen LogP contribution in [0.2, 0.25) is 0 Å². The van der Waals surface area contributed by atoms with Gasteiger partial charge in [-0.05, 0) is 12.5 Å². The minimum atomic E-state index is -0.797. The van der Waals surface area contributed by atoms with Gasteiger partial charge in [0.2, 0.25) is 11.8 Å². The Balaban J connectivity index is 1.92. The summed E-state index contributed by atoms with van der Waals surface area (Å²) in [5, 5.41) is 6.72. The van der Waals surface area contributed by atoms with Crippen LogP contribution in [0.4, 0.5) is 0 Å². The van der Waals surface area contributed by atoms with Crippen molar-refractivity contribution < 1.29 is 19.1 Å². The summed E-state index contributed by atoms with van der Waals surface area (Å²) in [6.07, 6.45) is 4.91. The number of aryl methyl sites for hydroxylation is 1. The van der Waals surface area contributed by atoms with Gasteiger partial charge in [0.15, 0.2) is 0 Å². The van der Waals surface area contributed by atoms with Crippen molar-refractivity contribution in [3.63, 3.8) is 0 Å². The van der Waals surface area contributed by atoms with Gasteiger partial charge in [-0.25, -0.2) is 0 Å². The molecule has 1 aromatic heterocycles. The number of rotatable bonds is 7. The molecule has 0 saturated carbocycles. The second kappa shape index (κ2) is 8.79. The fourth-order valence-corrected chi connectivity index (χ4v) is 2.79. The first-order valence-corrected chi connectivity index (χ1v) is 8.17. The maximum absolute atomic E-state index is 12.5. The predicted octanol–water partition coefficient (Wildman–Crippen LogP) is 0.0434. The molecule has 1 aliphatic rings. The number of nitrogens with one attached hydrogen (secondary N) is 1. The average molecular weight is 338 g/mol. The maximum atomic E-state index is 12.5. The first-order chi connectivity index (χ1) is 11.6. The molecule has 1 unspecified atom stereocenters. The topological polar surface area (TPSA) is 85.7 Å². The summed E-state index contributed by atoms with van der Waals surface area (Å²) in [5.41, 5.74) is -0.797. The van der Waals surface area contributed by atoms with E-state index < -0.39 is 5.60 Å². The second-order valence-electron chi connectivity index (χ2n) is 5.98. The largest absolute Gasteiger partial charge is 0.377 e. The lowest BCUT2D eigenvalue weighted by Crippen LogP contribution is -2.50. The normalized spacial score (nSPS) is 21.3. The quantitative estimate of drug-likeness (QED) is 0.759. The summed E-state index contributed by atoms with van der Waals surface area (Å²) < 4.78 is 13.0. The molecule has 1 atom stereocenters. The lowest BCUT2D eigenvalue weighted by molar-refractivity contribution is -0.140. The number of carbonyl (C=O) groups excluding carboxylic acids is 2. The number of carbonyl (C=O) groups is 2. The van der Waals surface area contributed by atoms with Gasteiger partial charge in [0.1, 0.15) is 5.60 Å². The van der Waals surface area contributed by atoms with Crippen molar-refractivity contribution in [2.45, 2.75) is 31.4 Å². The Morgan fingerprint density at radius 1 is 1.46 bits per heavy atom. The molecule has 0 spiro atoms. The molecule has 1 saturated heterocycles. The molecule has 8 nitrogen and oxygen atoms in total. The lowest BCUT2D eigenvalue weighted by Gasteiger charge is -2.33. The Labute approximate surface area is 142 Å². The molecule has 8 heteroatoms. The second-order valence-corrected chi connectivity index (χ2v) is 5.98.